The molecule has 1 saturated heterocycles. The molecular weight excluding hydrogens is 386 g/mol. The van der Waals surface area contributed by atoms with Gasteiger partial charge in [-0.25, -0.2) is 4.98 Å². The molecule has 31 heavy (non-hydrogen) atoms. The molecule has 4 rings (SSSR count). The fourth-order valence-corrected chi connectivity index (χ4v) is 5.10. The zero-order chi connectivity index (χ0) is 22.1. The van der Waals surface area contributed by atoms with E-state index in [1.54, 1.807) is 0 Å². The Morgan fingerprint density at radius 3 is 2.35 bits per heavy atom. The number of pyridine rings is 1. The zero-order valence-corrected chi connectivity index (χ0v) is 19.0. The molecule has 1 aliphatic heterocycles. The smallest absolute Gasteiger partial charge is 0.230 e. The number of nitrogens with zero attached hydrogens (tertiary/aromatic N) is 2. The number of aromatic nitrogens is 1. The molecule has 2 heterocycles. The molecule has 0 radical (unpaired) electrons. The number of nitrogens with one attached hydrogen (secondary N) is 1. The molecule has 2 N–H and O–H groups in total. The molecule has 2 aliphatic rings. The number of hydrogen-bond acceptors (Lipinski definition) is 4. The summed E-state index contributed by atoms with van der Waals surface area (Å²) in [6.45, 7) is 8.85. The highest BCUT2D eigenvalue weighted by Gasteiger charge is 2.47. The van der Waals surface area contributed by atoms with Gasteiger partial charge in [-0.1, -0.05) is 57.2 Å². The van der Waals surface area contributed by atoms with Gasteiger partial charge in [0, 0.05) is 37.7 Å². The largest absolute Gasteiger partial charge is 0.390 e. The number of benzene rings is 1. The van der Waals surface area contributed by atoms with Crippen molar-refractivity contribution in [2.45, 2.75) is 52.1 Å². The van der Waals surface area contributed by atoms with Gasteiger partial charge in [0.2, 0.25) is 5.91 Å². The number of likely N-dealkylation sites (tertiary alicyclic amines) is 1. The topological polar surface area (TPSA) is 65.5 Å². The Bertz CT molecular complexity index is 875. The average Bonchev–Trinajstić information content (AvgIpc) is 3.21. The molecule has 5 nitrogen and oxygen atoms in total. The summed E-state index contributed by atoms with van der Waals surface area (Å²) < 4.78 is 0. The first kappa shape index (κ1) is 22.0. The second kappa shape index (κ2) is 8.71. The predicted octanol–water partition coefficient (Wildman–Crippen LogP) is 3.92. The van der Waals surface area contributed by atoms with Gasteiger partial charge < -0.3 is 15.3 Å². The zero-order valence-electron chi connectivity index (χ0n) is 19.0. The molecule has 1 aromatic carbocycles. The summed E-state index contributed by atoms with van der Waals surface area (Å²) in [4.78, 5) is 19.0. The van der Waals surface area contributed by atoms with Gasteiger partial charge >= 0.3 is 0 Å². The Hall–Kier alpha value is -2.24. The van der Waals surface area contributed by atoms with Crippen LogP contribution in [0.4, 0.5) is 5.82 Å². The van der Waals surface area contributed by atoms with Crippen molar-refractivity contribution in [1.82, 2.24) is 9.88 Å². The molecular formula is C26H35N3O2. The van der Waals surface area contributed by atoms with Crippen molar-refractivity contribution in [3.63, 3.8) is 0 Å². The van der Waals surface area contributed by atoms with Crippen molar-refractivity contribution in [2.24, 2.45) is 17.3 Å². The van der Waals surface area contributed by atoms with E-state index >= 15 is 0 Å². The maximum atomic E-state index is 12.1. The van der Waals surface area contributed by atoms with Crippen LogP contribution in [0.15, 0.2) is 48.7 Å². The van der Waals surface area contributed by atoms with Gasteiger partial charge in [-0.3, -0.25) is 4.79 Å². The van der Waals surface area contributed by atoms with Crippen LogP contribution in [0.5, 0.6) is 0 Å². The third-order valence-corrected chi connectivity index (χ3v) is 6.78. The highest BCUT2D eigenvalue weighted by atomic mass is 16.3. The maximum Gasteiger partial charge on any atom is 0.230 e. The van der Waals surface area contributed by atoms with Crippen LogP contribution in [-0.4, -0.2) is 46.1 Å². The highest BCUT2D eigenvalue weighted by molar-refractivity contribution is 5.93. The van der Waals surface area contributed by atoms with E-state index in [1.807, 2.05) is 39.1 Å². The lowest BCUT2D eigenvalue weighted by Gasteiger charge is -2.26. The van der Waals surface area contributed by atoms with E-state index in [1.165, 1.54) is 11.1 Å². The second-order valence-electron chi connectivity index (χ2n) is 10.6. The minimum atomic E-state index is -0.542. The van der Waals surface area contributed by atoms with E-state index in [4.69, 9.17) is 0 Å². The third kappa shape index (κ3) is 5.52. The molecule has 1 saturated carbocycles. The van der Waals surface area contributed by atoms with Crippen molar-refractivity contribution < 1.29 is 9.90 Å². The SMILES string of the molecule is CC(C)(C)C(=O)Nc1ccc(CCN2C[C@@H]3CC(O)(Cc4ccccc4)C[C@@H]3C2)cn1. The number of carbonyl (C=O) groups excluding carboxylic acids is 1. The number of anilines is 1. The molecule has 2 fully saturated rings. The number of hydrogen-bond donors (Lipinski definition) is 2. The van der Waals surface area contributed by atoms with E-state index in [2.05, 4.69) is 45.5 Å². The molecule has 1 unspecified atom stereocenters. The summed E-state index contributed by atoms with van der Waals surface area (Å²) in [5, 5.41) is 14.0. The monoisotopic (exact) mass is 421 g/mol. The molecule has 0 bridgehead atoms. The van der Waals surface area contributed by atoms with Gasteiger partial charge in [0.25, 0.3) is 0 Å². The van der Waals surface area contributed by atoms with Gasteiger partial charge in [0.05, 0.1) is 5.60 Å². The average molecular weight is 422 g/mol. The summed E-state index contributed by atoms with van der Waals surface area (Å²) >= 11 is 0. The summed E-state index contributed by atoms with van der Waals surface area (Å²) in [6.07, 6.45) is 5.41. The lowest BCUT2D eigenvalue weighted by Crippen LogP contribution is -2.32. The third-order valence-electron chi connectivity index (χ3n) is 6.78. The quantitative estimate of drug-likeness (QED) is 0.742. The van der Waals surface area contributed by atoms with Gasteiger partial charge in [-0.05, 0) is 48.3 Å². The molecule has 166 valence electrons. The van der Waals surface area contributed by atoms with Crippen LogP contribution in [0.3, 0.4) is 0 Å². The number of rotatable bonds is 6. The number of carbonyl (C=O) groups is 1. The Balaban J connectivity index is 1.24. The van der Waals surface area contributed by atoms with Crippen molar-refractivity contribution in [1.29, 1.82) is 0 Å². The second-order valence-corrected chi connectivity index (χ2v) is 10.6. The van der Waals surface area contributed by atoms with E-state index in [0.29, 0.717) is 17.7 Å². The molecule has 5 heteroatoms. The van der Waals surface area contributed by atoms with Crippen molar-refractivity contribution >= 4 is 11.7 Å². The summed E-state index contributed by atoms with van der Waals surface area (Å²) in [7, 11) is 0. The van der Waals surface area contributed by atoms with Crippen molar-refractivity contribution in [3.8, 4) is 0 Å². The van der Waals surface area contributed by atoms with Crippen LogP contribution in [0.1, 0.15) is 44.7 Å². The van der Waals surface area contributed by atoms with Gasteiger partial charge in [-0.2, -0.15) is 0 Å². The van der Waals surface area contributed by atoms with Crippen LogP contribution >= 0.6 is 0 Å². The fraction of sp³-hybridized carbons (Fsp3) is 0.538. The molecule has 3 atom stereocenters. The first-order chi connectivity index (χ1) is 14.7. The maximum absolute atomic E-state index is 12.1. The number of fused-ring (bicyclic) bond motifs is 1. The number of aliphatic hydroxyl groups is 1. The Morgan fingerprint density at radius 1 is 1.10 bits per heavy atom. The van der Waals surface area contributed by atoms with Crippen LogP contribution in [-0.2, 0) is 17.6 Å². The molecule has 1 aliphatic carbocycles. The Kier molecular flexibility index (Phi) is 6.18. The summed E-state index contributed by atoms with van der Waals surface area (Å²) in [5.74, 6) is 1.78. The van der Waals surface area contributed by atoms with Crippen molar-refractivity contribution in [2.75, 3.05) is 25.0 Å². The van der Waals surface area contributed by atoms with Crippen LogP contribution in [0.2, 0.25) is 0 Å². The normalized spacial score (nSPS) is 26.1. The van der Waals surface area contributed by atoms with E-state index in [9.17, 15) is 9.90 Å². The Morgan fingerprint density at radius 2 is 1.77 bits per heavy atom. The first-order valence-corrected chi connectivity index (χ1v) is 11.5. The highest BCUT2D eigenvalue weighted by Crippen LogP contribution is 2.45. The minimum Gasteiger partial charge on any atom is -0.390 e. The first-order valence-electron chi connectivity index (χ1n) is 11.5. The van der Waals surface area contributed by atoms with Crippen LogP contribution in [0.25, 0.3) is 0 Å². The number of amides is 1. The standard InChI is InChI=1S/C26H35N3O2/c1-25(2,3)24(30)28-23-10-9-20(16-27-23)11-12-29-17-21-14-26(31,15-22(21)18-29)13-19-7-5-4-6-8-19/h4-10,16,21-22,31H,11-15,17-18H2,1-3H3,(H,27,28,30)/t21-,22+,26?. The predicted molar refractivity (Wildman–Crippen MR) is 124 cm³/mol. The fourth-order valence-electron chi connectivity index (χ4n) is 5.10. The van der Waals surface area contributed by atoms with Crippen molar-refractivity contribution in [3.05, 3.63) is 59.8 Å². The summed E-state index contributed by atoms with van der Waals surface area (Å²) in [6, 6.07) is 14.3. The van der Waals surface area contributed by atoms with E-state index in [-0.39, 0.29) is 5.91 Å². The van der Waals surface area contributed by atoms with Gasteiger partial charge in [-0.15, -0.1) is 0 Å². The lowest BCUT2D eigenvalue weighted by atomic mass is 9.91. The molecule has 2 aromatic rings. The molecule has 1 amide bonds. The van der Waals surface area contributed by atoms with Crippen LogP contribution < -0.4 is 5.32 Å². The Labute approximate surface area is 185 Å². The van der Waals surface area contributed by atoms with Gasteiger partial charge in [0.15, 0.2) is 0 Å². The van der Waals surface area contributed by atoms with Gasteiger partial charge in [0.1, 0.15) is 5.82 Å². The molecule has 0 spiro atoms. The molecule has 1 aromatic heterocycles. The van der Waals surface area contributed by atoms with E-state index < -0.39 is 11.0 Å². The summed E-state index contributed by atoms with van der Waals surface area (Å²) in [5.41, 5.74) is 1.45. The van der Waals surface area contributed by atoms with E-state index in [0.717, 1.165) is 45.3 Å². The van der Waals surface area contributed by atoms with Crippen LogP contribution in [0, 0.1) is 17.3 Å². The lowest BCUT2D eigenvalue weighted by molar-refractivity contribution is -0.123. The minimum absolute atomic E-state index is 0.0245.